The van der Waals surface area contributed by atoms with E-state index >= 15 is 0 Å². The lowest BCUT2D eigenvalue weighted by molar-refractivity contribution is -0.134. The Morgan fingerprint density at radius 2 is 2.09 bits per heavy atom. The van der Waals surface area contributed by atoms with Gasteiger partial charge in [-0.05, 0) is 56.0 Å². The van der Waals surface area contributed by atoms with Gasteiger partial charge < -0.3 is 20.1 Å². The van der Waals surface area contributed by atoms with Crippen molar-refractivity contribution in [2.45, 2.75) is 44.9 Å². The summed E-state index contributed by atoms with van der Waals surface area (Å²) in [4.78, 5) is 25.4. The second kappa shape index (κ2) is 10.1. The molecule has 168 valence electrons. The van der Waals surface area contributed by atoms with Gasteiger partial charge in [0.25, 0.3) is 5.91 Å². The molecule has 2 aliphatic rings. The van der Waals surface area contributed by atoms with Crippen molar-refractivity contribution in [3.05, 3.63) is 70.4 Å². The van der Waals surface area contributed by atoms with E-state index in [1.807, 2.05) is 43.3 Å². The maximum Gasteiger partial charge on any atom is 0.286 e. The molecule has 1 aliphatic heterocycles. The highest BCUT2D eigenvalue weighted by Crippen LogP contribution is 2.32. The molecule has 3 atom stereocenters. The highest BCUT2D eigenvalue weighted by molar-refractivity contribution is 6.30. The summed E-state index contributed by atoms with van der Waals surface area (Å²) in [5.74, 6) is 0.620. The van der Waals surface area contributed by atoms with Crippen LogP contribution in [-0.4, -0.2) is 30.6 Å². The number of nitrogens with one attached hydrogen (secondary N) is 2. The fraction of sp³-hybridized carbons (Fsp3) is 0.360. The van der Waals surface area contributed by atoms with Gasteiger partial charge in [0.2, 0.25) is 5.91 Å². The van der Waals surface area contributed by atoms with Crippen molar-refractivity contribution in [2.24, 2.45) is 5.92 Å². The van der Waals surface area contributed by atoms with Crippen molar-refractivity contribution >= 4 is 29.5 Å². The molecule has 2 amide bonds. The van der Waals surface area contributed by atoms with Gasteiger partial charge in [0, 0.05) is 23.0 Å². The molecule has 1 aliphatic carbocycles. The van der Waals surface area contributed by atoms with Crippen LogP contribution in [0.4, 0.5) is 0 Å². The maximum absolute atomic E-state index is 12.8. The SMILES string of the molecule is CCOc1ccccc1CNC(=O)C1CCC2O/C(=C\c3cccc(Cl)c3)C(=O)NC2C1. The Bertz CT molecular complexity index is 1020. The van der Waals surface area contributed by atoms with Crippen molar-refractivity contribution in [2.75, 3.05) is 6.61 Å². The van der Waals surface area contributed by atoms with Crippen molar-refractivity contribution in [1.82, 2.24) is 10.6 Å². The van der Waals surface area contributed by atoms with E-state index in [0.29, 0.717) is 37.4 Å². The first kappa shape index (κ1) is 22.2. The number of rotatable bonds is 6. The number of halogens is 1. The van der Waals surface area contributed by atoms with Gasteiger partial charge in [-0.3, -0.25) is 9.59 Å². The molecule has 0 spiro atoms. The molecule has 32 heavy (non-hydrogen) atoms. The molecule has 2 N–H and O–H groups in total. The molecule has 4 rings (SSSR count). The molecule has 6 nitrogen and oxygen atoms in total. The highest BCUT2D eigenvalue weighted by Gasteiger charge is 2.40. The first-order valence-electron chi connectivity index (χ1n) is 11.0. The third kappa shape index (κ3) is 5.25. The van der Waals surface area contributed by atoms with Crippen LogP contribution in [0.2, 0.25) is 5.02 Å². The molecule has 2 aromatic carbocycles. The van der Waals surface area contributed by atoms with E-state index < -0.39 is 0 Å². The lowest BCUT2D eigenvalue weighted by Gasteiger charge is -2.39. The standard InChI is InChI=1S/C25H27ClN2O4/c1-2-31-21-9-4-3-7-18(21)15-27-24(29)17-10-11-22-20(14-17)28-25(30)23(32-22)13-16-6-5-8-19(26)12-16/h3-9,12-13,17,20,22H,2,10-11,14-15H2,1H3,(H,27,29)(H,28,30)/b23-13-. The van der Waals surface area contributed by atoms with Crippen LogP contribution in [0.15, 0.2) is 54.3 Å². The number of hydrogen-bond donors (Lipinski definition) is 2. The highest BCUT2D eigenvalue weighted by atomic mass is 35.5. The molecule has 0 radical (unpaired) electrons. The van der Waals surface area contributed by atoms with E-state index in [1.165, 1.54) is 0 Å². The van der Waals surface area contributed by atoms with Gasteiger partial charge in [-0.1, -0.05) is 41.9 Å². The number of morpholine rings is 1. The van der Waals surface area contributed by atoms with Crippen molar-refractivity contribution in [1.29, 1.82) is 0 Å². The third-order valence-corrected chi connectivity index (χ3v) is 6.08. The summed E-state index contributed by atoms with van der Waals surface area (Å²) >= 11 is 6.03. The lowest BCUT2D eigenvalue weighted by Crippen LogP contribution is -2.54. The summed E-state index contributed by atoms with van der Waals surface area (Å²) in [6.07, 6.45) is 3.53. The Morgan fingerprint density at radius 1 is 1.25 bits per heavy atom. The van der Waals surface area contributed by atoms with Gasteiger partial charge in [0.15, 0.2) is 5.76 Å². The lowest BCUT2D eigenvalue weighted by atomic mass is 9.82. The second-order valence-corrected chi connectivity index (χ2v) is 8.50. The minimum atomic E-state index is -0.266. The molecule has 2 fully saturated rings. The minimum Gasteiger partial charge on any atom is -0.494 e. The van der Waals surface area contributed by atoms with Crippen LogP contribution in [0.5, 0.6) is 5.75 Å². The van der Waals surface area contributed by atoms with Crippen LogP contribution >= 0.6 is 11.6 Å². The summed E-state index contributed by atoms with van der Waals surface area (Å²) in [6, 6.07) is 14.8. The van der Waals surface area contributed by atoms with E-state index in [4.69, 9.17) is 21.1 Å². The van der Waals surface area contributed by atoms with Crippen LogP contribution in [0.1, 0.15) is 37.3 Å². The van der Waals surface area contributed by atoms with Gasteiger partial charge in [-0.2, -0.15) is 0 Å². The van der Waals surface area contributed by atoms with Crippen molar-refractivity contribution in [3.63, 3.8) is 0 Å². The Morgan fingerprint density at radius 3 is 2.91 bits per heavy atom. The van der Waals surface area contributed by atoms with E-state index in [2.05, 4.69) is 10.6 Å². The quantitative estimate of drug-likeness (QED) is 0.645. The number of fused-ring (bicyclic) bond motifs is 1. The fourth-order valence-electron chi connectivity index (χ4n) is 4.25. The van der Waals surface area contributed by atoms with E-state index in [0.717, 1.165) is 16.9 Å². The van der Waals surface area contributed by atoms with Gasteiger partial charge >= 0.3 is 0 Å². The number of carbonyl (C=O) groups excluding carboxylic acids is 2. The Labute approximate surface area is 192 Å². The van der Waals surface area contributed by atoms with Gasteiger partial charge in [0.05, 0.1) is 12.6 Å². The van der Waals surface area contributed by atoms with Gasteiger partial charge in [0.1, 0.15) is 11.9 Å². The van der Waals surface area contributed by atoms with Crippen LogP contribution in [0, 0.1) is 5.92 Å². The van der Waals surface area contributed by atoms with E-state index in [9.17, 15) is 9.59 Å². The van der Waals surface area contributed by atoms with Crippen LogP contribution in [-0.2, 0) is 20.9 Å². The molecular weight excluding hydrogens is 428 g/mol. The fourth-order valence-corrected chi connectivity index (χ4v) is 4.45. The third-order valence-electron chi connectivity index (χ3n) is 5.85. The first-order chi connectivity index (χ1) is 15.5. The molecule has 3 unspecified atom stereocenters. The summed E-state index contributed by atoms with van der Waals surface area (Å²) < 4.78 is 11.6. The largest absolute Gasteiger partial charge is 0.494 e. The Kier molecular flexibility index (Phi) is 7.00. The summed E-state index contributed by atoms with van der Waals surface area (Å²) in [5, 5.41) is 6.65. The molecule has 1 saturated carbocycles. The molecule has 2 aromatic rings. The number of carbonyl (C=O) groups is 2. The molecular formula is C25H27ClN2O4. The number of benzene rings is 2. The average Bonchev–Trinajstić information content (AvgIpc) is 2.79. The van der Waals surface area contributed by atoms with Gasteiger partial charge in [-0.15, -0.1) is 0 Å². The van der Waals surface area contributed by atoms with Gasteiger partial charge in [-0.25, -0.2) is 0 Å². The topological polar surface area (TPSA) is 76.7 Å². The van der Waals surface area contributed by atoms with Crippen molar-refractivity contribution < 1.29 is 19.1 Å². The van der Waals surface area contributed by atoms with Crippen LogP contribution in [0.3, 0.4) is 0 Å². The zero-order chi connectivity index (χ0) is 22.5. The molecule has 1 heterocycles. The maximum atomic E-state index is 12.8. The Hall–Kier alpha value is -2.99. The predicted molar refractivity (Wildman–Crippen MR) is 123 cm³/mol. The average molecular weight is 455 g/mol. The summed E-state index contributed by atoms with van der Waals surface area (Å²) in [6.45, 7) is 2.92. The second-order valence-electron chi connectivity index (χ2n) is 8.07. The normalized spacial score (nSPS) is 23.6. The Balaban J connectivity index is 1.35. The zero-order valence-corrected chi connectivity index (χ0v) is 18.7. The van der Waals surface area contributed by atoms with E-state index in [-0.39, 0.29) is 35.6 Å². The zero-order valence-electron chi connectivity index (χ0n) is 18.0. The predicted octanol–water partition coefficient (Wildman–Crippen LogP) is 4.08. The summed E-state index contributed by atoms with van der Waals surface area (Å²) in [7, 11) is 0. The smallest absolute Gasteiger partial charge is 0.286 e. The molecule has 1 saturated heterocycles. The molecule has 0 aromatic heterocycles. The van der Waals surface area contributed by atoms with Crippen LogP contribution < -0.4 is 15.4 Å². The number of amides is 2. The van der Waals surface area contributed by atoms with E-state index in [1.54, 1.807) is 18.2 Å². The number of hydrogen-bond acceptors (Lipinski definition) is 4. The van der Waals surface area contributed by atoms with Crippen LogP contribution in [0.25, 0.3) is 6.08 Å². The first-order valence-corrected chi connectivity index (χ1v) is 11.3. The van der Waals surface area contributed by atoms with Crippen molar-refractivity contribution in [3.8, 4) is 5.75 Å². The monoisotopic (exact) mass is 454 g/mol. The number of para-hydroxylation sites is 1. The molecule has 0 bridgehead atoms. The molecule has 7 heteroatoms. The minimum absolute atomic E-state index is 0.00994. The summed E-state index contributed by atoms with van der Waals surface area (Å²) in [5.41, 5.74) is 1.75. The number of ether oxygens (including phenoxy) is 2.